The first-order chi connectivity index (χ1) is 18.2. The summed E-state index contributed by atoms with van der Waals surface area (Å²) < 4.78 is 12.2. The number of ether oxygens (including phenoxy) is 2. The maximum absolute atomic E-state index is 14.6. The van der Waals surface area contributed by atoms with Crippen molar-refractivity contribution in [3.05, 3.63) is 53.6 Å². The van der Waals surface area contributed by atoms with E-state index in [4.69, 9.17) is 9.47 Å². The number of esters is 1. The molecule has 5 rings (SSSR count). The molecule has 2 fully saturated rings. The van der Waals surface area contributed by atoms with Crippen LogP contribution in [0.3, 0.4) is 0 Å². The second kappa shape index (κ2) is 10.3. The average molecular weight is 523 g/mol. The number of nitrogens with zero attached hydrogens (tertiary/aromatic N) is 2. The highest BCUT2D eigenvalue weighted by atomic mass is 16.6. The number of allylic oxidation sites excluding steroid dienone is 1. The summed E-state index contributed by atoms with van der Waals surface area (Å²) in [5.74, 6) is -2.70. The van der Waals surface area contributed by atoms with Crippen molar-refractivity contribution >= 4 is 23.5 Å². The molecule has 4 aliphatic rings. The molecule has 0 aliphatic carbocycles. The van der Waals surface area contributed by atoms with Crippen molar-refractivity contribution in [2.24, 2.45) is 17.8 Å². The van der Waals surface area contributed by atoms with Gasteiger partial charge in [0.05, 0.1) is 31.3 Å². The number of amides is 2. The van der Waals surface area contributed by atoms with Gasteiger partial charge in [0, 0.05) is 12.2 Å². The number of anilines is 1. The van der Waals surface area contributed by atoms with Gasteiger partial charge in [-0.2, -0.15) is 0 Å². The standard InChI is InChI=1S/C30H38N2O6/c1-18(2)15-21(17-33)32-26-28(35)31(22-16-19(3)10-11-20(22)4)13-8-12-30(26)25(27(32)34)24-23(38-30)9-6-5-7-14-37-29(24)36/h6,8-12,16,18,21,23-26,33H,5,7,13-15,17H2,1-4H3/b9-6-/t21-,23+,24-,25+,26?,30+/m1/s1. The van der Waals surface area contributed by atoms with Crippen LogP contribution in [0.15, 0.2) is 42.5 Å². The van der Waals surface area contributed by atoms with Gasteiger partial charge in [0.1, 0.15) is 17.6 Å². The first-order valence-corrected chi connectivity index (χ1v) is 13.7. The lowest BCUT2D eigenvalue weighted by Crippen LogP contribution is -2.58. The van der Waals surface area contributed by atoms with Crippen LogP contribution >= 0.6 is 0 Å². The first-order valence-electron chi connectivity index (χ1n) is 13.7. The minimum absolute atomic E-state index is 0.175. The predicted octanol–water partition coefficient (Wildman–Crippen LogP) is 3.09. The summed E-state index contributed by atoms with van der Waals surface area (Å²) in [6.45, 7) is 8.26. The van der Waals surface area contributed by atoms with Gasteiger partial charge in [0.2, 0.25) is 5.91 Å². The van der Waals surface area contributed by atoms with E-state index in [1.165, 1.54) is 4.90 Å². The van der Waals surface area contributed by atoms with Gasteiger partial charge in [-0.25, -0.2) is 0 Å². The molecule has 8 nitrogen and oxygen atoms in total. The van der Waals surface area contributed by atoms with Crippen molar-refractivity contribution in [1.82, 2.24) is 4.90 Å². The van der Waals surface area contributed by atoms with E-state index in [9.17, 15) is 19.5 Å². The van der Waals surface area contributed by atoms with E-state index in [0.29, 0.717) is 19.4 Å². The Bertz CT molecular complexity index is 1180. The molecule has 0 radical (unpaired) electrons. The number of aryl methyl sites for hydroxylation is 2. The summed E-state index contributed by atoms with van der Waals surface area (Å²) in [6.07, 6.45) is 8.79. The highest BCUT2D eigenvalue weighted by molar-refractivity contribution is 6.06. The van der Waals surface area contributed by atoms with Gasteiger partial charge < -0.3 is 24.4 Å². The molecule has 0 saturated carbocycles. The van der Waals surface area contributed by atoms with E-state index in [1.807, 2.05) is 70.2 Å². The normalized spacial score (nSPS) is 32.6. The Labute approximate surface area is 224 Å². The zero-order valence-corrected chi connectivity index (χ0v) is 22.6. The van der Waals surface area contributed by atoms with Crippen molar-refractivity contribution < 1.29 is 29.0 Å². The van der Waals surface area contributed by atoms with Gasteiger partial charge in [0.15, 0.2) is 0 Å². The van der Waals surface area contributed by atoms with Crippen LogP contribution in [-0.2, 0) is 23.9 Å². The van der Waals surface area contributed by atoms with Gasteiger partial charge in [-0.1, -0.05) is 50.3 Å². The quantitative estimate of drug-likeness (QED) is 0.472. The van der Waals surface area contributed by atoms with Crippen LogP contribution in [0.5, 0.6) is 0 Å². The van der Waals surface area contributed by atoms with Crippen molar-refractivity contribution in [2.75, 3.05) is 24.7 Å². The SMILES string of the molecule is Cc1ccc(C)c(N2CC=C[C@]34O[C@H]5/C=C\CCCOC(=O)[C@H]5[C@H]3C(=O)N([C@@H](CO)CC(C)C)C4C2=O)c1. The molecule has 8 heteroatoms. The van der Waals surface area contributed by atoms with Gasteiger partial charge in [-0.15, -0.1) is 0 Å². The zero-order chi connectivity index (χ0) is 27.2. The number of fused-ring (bicyclic) bond motifs is 2. The highest BCUT2D eigenvalue weighted by Gasteiger charge is 2.72. The molecule has 1 spiro atoms. The molecule has 0 aromatic heterocycles. The van der Waals surface area contributed by atoms with Gasteiger partial charge >= 0.3 is 5.97 Å². The topological polar surface area (TPSA) is 96.4 Å². The number of likely N-dealkylation sites (tertiary alicyclic amines) is 1. The smallest absolute Gasteiger partial charge is 0.312 e. The summed E-state index contributed by atoms with van der Waals surface area (Å²) in [6, 6.07) is 4.35. The van der Waals surface area contributed by atoms with Crippen molar-refractivity contribution in [2.45, 2.75) is 70.7 Å². The second-order valence-corrected chi connectivity index (χ2v) is 11.4. The third kappa shape index (κ3) is 4.28. The Kier molecular flexibility index (Phi) is 7.22. The Morgan fingerprint density at radius 1 is 1.13 bits per heavy atom. The lowest BCUT2D eigenvalue weighted by atomic mass is 9.78. The molecule has 1 aromatic carbocycles. The number of hydrogen-bond acceptors (Lipinski definition) is 6. The zero-order valence-electron chi connectivity index (χ0n) is 22.6. The molecule has 4 heterocycles. The van der Waals surface area contributed by atoms with Gasteiger partial charge in [0.25, 0.3) is 5.91 Å². The number of carbonyl (C=O) groups is 3. The minimum Gasteiger partial charge on any atom is -0.465 e. The lowest BCUT2D eigenvalue weighted by molar-refractivity contribution is -0.155. The molecular weight excluding hydrogens is 484 g/mol. The number of carbonyl (C=O) groups excluding carboxylic acids is 3. The second-order valence-electron chi connectivity index (χ2n) is 11.4. The Morgan fingerprint density at radius 2 is 1.92 bits per heavy atom. The summed E-state index contributed by atoms with van der Waals surface area (Å²) in [7, 11) is 0. The van der Waals surface area contributed by atoms with Gasteiger partial charge in [-0.3, -0.25) is 14.4 Å². The van der Waals surface area contributed by atoms with Crippen molar-refractivity contribution in [1.29, 1.82) is 0 Å². The number of benzene rings is 1. The highest BCUT2D eigenvalue weighted by Crippen LogP contribution is 2.54. The van der Waals surface area contributed by atoms with E-state index in [0.717, 1.165) is 23.2 Å². The molecule has 204 valence electrons. The van der Waals surface area contributed by atoms with E-state index in [-0.39, 0.29) is 30.9 Å². The van der Waals surface area contributed by atoms with Crippen LogP contribution in [0.4, 0.5) is 5.69 Å². The van der Waals surface area contributed by atoms with Gasteiger partial charge in [-0.05, 0) is 56.2 Å². The summed E-state index contributed by atoms with van der Waals surface area (Å²) in [5.41, 5.74) is 1.39. The molecule has 6 atom stereocenters. The Balaban J connectivity index is 1.66. The number of cyclic esters (lactones) is 1. The van der Waals surface area contributed by atoms with Crippen LogP contribution in [0, 0.1) is 31.6 Å². The number of rotatable bonds is 5. The third-order valence-corrected chi connectivity index (χ3v) is 8.29. The van der Waals surface area contributed by atoms with Crippen LogP contribution in [0.1, 0.15) is 44.2 Å². The van der Waals surface area contributed by atoms with E-state index in [2.05, 4.69) is 0 Å². The summed E-state index contributed by atoms with van der Waals surface area (Å²) >= 11 is 0. The maximum atomic E-state index is 14.6. The monoisotopic (exact) mass is 522 g/mol. The molecule has 2 amide bonds. The summed E-state index contributed by atoms with van der Waals surface area (Å²) in [4.78, 5) is 45.5. The fourth-order valence-corrected chi connectivity index (χ4v) is 6.63. The summed E-state index contributed by atoms with van der Waals surface area (Å²) in [5, 5.41) is 10.4. The first kappa shape index (κ1) is 26.6. The number of aliphatic hydroxyl groups excluding tert-OH is 1. The number of aliphatic hydroxyl groups is 1. The van der Waals surface area contributed by atoms with E-state index < -0.39 is 41.6 Å². The van der Waals surface area contributed by atoms with Crippen molar-refractivity contribution in [3.63, 3.8) is 0 Å². The Morgan fingerprint density at radius 3 is 2.66 bits per heavy atom. The fraction of sp³-hybridized carbons (Fsp3) is 0.567. The fourth-order valence-electron chi connectivity index (χ4n) is 6.63. The van der Waals surface area contributed by atoms with Crippen LogP contribution in [0.2, 0.25) is 0 Å². The molecule has 38 heavy (non-hydrogen) atoms. The minimum atomic E-state index is -1.34. The van der Waals surface area contributed by atoms with Crippen LogP contribution in [0.25, 0.3) is 0 Å². The van der Waals surface area contributed by atoms with E-state index in [1.54, 1.807) is 4.90 Å². The molecular formula is C30H38N2O6. The molecule has 1 aromatic rings. The molecule has 4 aliphatic heterocycles. The Hall–Kier alpha value is -2.97. The predicted molar refractivity (Wildman–Crippen MR) is 142 cm³/mol. The maximum Gasteiger partial charge on any atom is 0.312 e. The molecule has 2 saturated heterocycles. The van der Waals surface area contributed by atoms with Crippen LogP contribution in [-0.4, -0.2) is 71.3 Å². The molecule has 1 N–H and O–H groups in total. The van der Waals surface area contributed by atoms with Crippen LogP contribution < -0.4 is 4.90 Å². The van der Waals surface area contributed by atoms with E-state index >= 15 is 0 Å². The molecule has 0 bridgehead atoms. The largest absolute Gasteiger partial charge is 0.465 e. The molecule has 1 unspecified atom stereocenters. The average Bonchev–Trinajstić information content (AvgIpc) is 3.29. The third-order valence-electron chi connectivity index (χ3n) is 8.29. The number of hydrogen-bond donors (Lipinski definition) is 1. The van der Waals surface area contributed by atoms with Crippen molar-refractivity contribution in [3.8, 4) is 0 Å². The lowest BCUT2D eigenvalue weighted by Gasteiger charge is -2.39.